The molecule has 1 aliphatic rings. The van der Waals surface area contributed by atoms with Crippen LogP contribution in [0, 0.1) is 5.82 Å². The Hall–Kier alpha value is -1.30. The molecule has 1 saturated heterocycles. The van der Waals surface area contributed by atoms with Crippen LogP contribution in [0.1, 0.15) is 30.9 Å². The molecule has 6 heteroatoms. The van der Waals surface area contributed by atoms with Crippen LogP contribution >= 0.6 is 0 Å². The molecule has 0 amide bonds. The third-order valence-corrected chi connectivity index (χ3v) is 3.37. The van der Waals surface area contributed by atoms with Gasteiger partial charge in [-0.3, -0.25) is 5.32 Å². The van der Waals surface area contributed by atoms with E-state index in [1.165, 1.54) is 19.2 Å². The smallest absolute Gasteiger partial charge is 0.403 e. The fourth-order valence-electron chi connectivity index (χ4n) is 2.36. The number of hydrogen-bond donors (Lipinski definition) is 1. The molecule has 0 aliphatic carbocycles. The van der Waals surface area contributed by atoms with E-state index in [1.807, 2.05) is 0 Å². The van der Waals surface area contributed by atoms with E-state index < -0.39 is 24.1 Å². The standard InChI is InChI=1S/C13H15F4NO/c1-19-8-5-6-9(10(14)7-8)11-3-2-4-12(18-11)13(15,16)17/h5-7,11-12,18H,2-4H2,1H3. The molecular weight excluding hydrogens is 262 g/mol. The van der Waals surface area contributed by atoms with Crippen molar-refractivity contribution < 1.29 is 22.3 Å². The van der Waals surface area contributed by atoms with Gasteiger partial charge in [-0.2, -0.15) is 13.2 Å². The third kappa shape index (κ3) is 3.18. The number of ether oxygens (including phenoxy) is 1. The molecule has 106 valence electrons. The molecule has 0 bridgehead atoms. The largest absolute Gasteiger partial charge is 0.497 e. The summed E-state index contributed by atoms with van der Waals surface area (Å²) in [7, 11) is 1.41. The molecule has 2 nitrogen and oxygen atoms in total. The number of alkyl halides is 3. The minimum absolute atomic E-state index is 0.0395. The highest BCUT2D eigenvalue weighted by Gasteiger charge is 2.42. The van der Waals surface area contributed by atoms with Crippen LogP contribution in [0.15, 0.2) is 18.2 Å². The summed E-state index contributed by atoms with van der Waals surface area (Å²) in [6.07, 6.45) is -3.33. The number of piperidine rings is 1. The summed E-state index contributed by atoms with van der Waals surface area (Å²) in [5.41, 5.74) is 0.259. The van der Waals surface area contributed by atoms with Gasteiger partial charge in [-0.05, 0) is 25.3 Å². The first kappa shape index (κ1) is 14.1. The van der Waals surface area contributed by atoms with Gasteiger partial charge >= 0.3 is 6.18 Å². The molecule has 1 aliphatic heterocycles. The van der Waals surface area contributed by atoms with E-state index in [0.29, 0.717) is 18.6 Å². The van der Waals surface area contributed by atoms with Crippen molar-refractivity contribution in [1.82, 2.24) is 5.32 Å². The highest BCUT2D eigenvalue weighted by molar-refractivity contribution is 5.31. The van der Waals surface area contributed by atoms with Crippen molar-refractivity contribution in [3.63, 3.8) is 0 Å². The molecule has 1 fully saturated rings. The van der Waals surface area contributed by atoms with Crippen LogP contribution in [-0.4, -0.2) is 19.3 Å². The van der Waals surface area contributed by atoms with Gasteiger partial charge in [0.2, 0.25) is 0 Å². The van der Waals surface area contributed by atoms with Gasteiger partial charge in [-0.1, -0.05) is 6.07 Å². The molecule has 1 aromatic rings. The van der Waals surface area contributed by atoms with Crippen LogP contribution in [0.4, 0.5) is 17.6 Å². The molecular formula is C13H15F4NO. The fraction of sp³-hybridized carbons (Fsp3) is 0.538. The molecule has 0 aromatic heterocycles. The third-order valence-electron chi connectivity index (χ3n) is 3.37. The molecule has 0 radical (unpaired) electrons. The lowest BCUT2D eigenvalue weighted by Crippen LogP contribution is -2.46. The number of benzene rings is 1. The number of hydrogen-bond acceptors (Lipinski definition) is 2. The second kappa shape index (κ2) is 5.36. The predicted molar refractivity (Wildman–Crippen MR) is 62.5 cm³/mol. The second-order valence-corrected chi connectivity index (χ2v) is 4.63. The quantitative estimate of drug-likeness (QED) is 0.834. The summed E-state index contributed by atoms with van der Waals surface area (Å²) in [4.78, 5) is 0. The minimum Gasteiger partial charge on any atom is -0.497 e. The average Bonchev–Trinajstić information content (AvgIpc) is 2.37. The van der Waals surface area contributed by atoms with Crippen molar-refractivity contribution in [2.45, 2.75) is 37.5 Å². The molecule has 0 saturated carbocycles. The van der Waals surface area contributed by atoms with Crippen molar-refractivity contribution in [3.05, 3.63) is 29.6 Å². The number of halogens is 4. The van der Waals surface area contributed by atoms with Crippen LogP contribution in [0.5, 0.6) is 5.75 Å². The molecule has 2 unspecified atom stereocenters. The normalized spacial score (nSPS) is 24.3. The number of methoxy groups -OCH3 is 1. The van der Waals surface area contributed by atoms with Gasteiger partial charge in [-0.25, -0.2) is 4.39 Å². The summed E-state index contributed by atoms with van der Waals surface area (Å²) >= 11 is 0. The van der Waals surface area contributed by atoms with E-state index in [1.54, 1.807) is 6.07 Å². The van der Waals surface area contributed by atoms with Crippen LogP contribution in [-0.2, 0) is 0 Å². The van der Waals surface area contributed by atoms with Crippen LogP contribution < -0.4 is 10.1 Å². The summed E-state index contributed by atoms with van der Waals surface area (Å²) in [6.45, 7) is 0. The second-order valence-electron chi connectivity index (χ2n) is 4.63. The lowest BCUT2D eigenvalue weighted by Gasteiger charge is -2.32. The molecule has 0 spiro atoms. The zero-order chi connectivity index (χ0) is 14.0. The van der Waals surface area contributed by atoms with Crippen molar-refractivity contribution in [2.24, 2.45) is 0 Å². The molecule has 19 heavy (non-hydrogen) atoms. The van der Waals surface area contributed by atoms with E-state index >= 15 is 0 Å². The highest BCUT2D eigenvalue weighted by Crippen LogP contribution is 2.34. The first-order valence-corrected chi connectivity index (χ1v) is 6.08. The van der Waals surface area contributed by atoms with E-state index in [-0.39, 0.29) is 12.0 Å². The summed E-state index contributed by atoms with van der Waals surface area (Å²) < 4.78 is 56.7. The Morgan fingerprint density at radius 1 is 1.26 bits per heavy atom. The Balaban J connectivity index is 2.17. The van der Waals surface area contributed by atoms with E-state index in [0.717, 1.165) is 0 Å². The molecule has 2 rings (SSSR count). The lowest BCUT2D eigenvalue weighted by molar-refractivity contribution is -0.163. The first-order chi connectivity index (χ1) is 8.91. The maximum atomic E-state index is 13.8. The van der Waals surface area contributed by atoms with Crippen molar-refractivity contribution in [2.75, 3.05) is 7.11 Å². The molecule has 1 N–H and O–H groups in total. The van der Waals surface area contributed by atoms with Gasteiger partial charge in [0.15, 0.2) is 0 Å². The molecule has 1 aromatic carbocycles. The van der Waals surface area contributed by atoms with Gasteiger partial charge in [0.05, 0.1) is 7.11 Å². The highest BCUT2D eigenvalue weighted by atomic mass is 19.4. The Morgan fingerprint density at radius 3 is 2.58 bits per heavy atom. The maximum Gasteiger partial charge on any atom is 0.403 e. The summed E-state index contributed by atoms with van der Waals surface area (Å²) in [5, 5.41) is 2.48. The summed E-state index contributed by atoms with van der Waals surface area (Å²) in [5.74, 6) is -0.191. The van der Waals surface area contributed by atoms with Crippen molar-refractivity contribution >= 4 is 0 Å². The average molecular weight is 277 g/mol. The van der Waals surface area contributed by atoms with E-state index in [2.05, 4.69) is 5.32 Å². The van der Waals surface area contributed by atoms with E-state index in [9.17, 15) is 17.6 Å². The van der Waals surface area contributed by atoms with Gasteiger partial charge in [0.25, 0.3) is 0 Å². The lowest BCUT2D eigenvalue weighted by atomic mass is 9.93. The minimum atomic E-state index is -4.29. The molecule has 2 atom stereocenters. The van der Waals surface area contributed by atoms with Crippen LogP contribution in [0.2, 0.25) is 0 Å². The SMILES string of the molecule is COc1ccc(C2CCCC(C(F)(F)F)N2)c(F)c1. The Labute approximate surface area is 108 Å². The van der Waals surface area contributed by atoms with Crippen molar-refractivity contribution in [1.29, 1.82) is 0 Å². The Bertz CT molecular complexity index is 447. The zero-order valence-corrected chi connectivity index (χ0v) is 10.4. The van der Waals surface area contributed by atoms with Gasteiger partial charge < -0.3 is 4.74 Å². The topological polar surface area (TPSA) is 21.3 Å². The van der Waals surface area contributed by atoms with Crippen LogP contribution in [0.3, 0.4) is 0 Å². The van der Waals surface area contributed by atoms with Crippen molar-refractivity contribution in [3.8, 4) is 5.75 Å². The number of nitrogens with one attached hydrogen (secondary N) is 1. The fourth-order valence-corrected chi connectivity index (χ4v) is 2.36. The van der Waals surface area contributed by atoms with Gasteiger partial charge in [0.1, 0.15) is 17.6 Å². The zero-order valence-electron chi connectivity index (χ0n) is 10.4. The Kier molecular flexibility index (Phi) is 3.99. The predicted octanol–water partition coefficient (Wildman–Crippen LogP) is 3.58. The van der Waals surface area contributed by atoms with Gasteiger partial charge in [-0.15, -0.1) is 0 Å². The monoisotopic (exact) mass is 277 g/mol. The molecule has 1 heterocycles. The maximum absolute atomic E-state index is 13.8. The van der Waals surface area contributed by atoms with E-state index in [4.69, 9.17) is 4.74 Å². The van der Waals surface area contributed by atoms with Crippen LogP contribution in [0.25, 0.3) is 0 Å². The van der Waals surface area contributed by atoms with Gasteiger partial charge in [0, 0.05) is 17.7 Å². The Morgan fingerprint density at radius 2 is 2.00 bits per heavy atom. The first-order valence-electron chi connectivity index (χ1n) is 6.08. The number of rotatable bonds is 2. The summed E-state index contributed by atoms with van der Waals surface area (Å²) in [6, 6.07) is 2.05.